The Bertz CT molecular complexity index is 300. The average Bonchev–Trinajstić information content (AvgIpc) is 2.60. The summed E-state index contributed by atoms with van der Waals surface area (Å²) in [4.78, 5) is 0. The molecule has 1 atom stereocenters. The fourth-order valence-electron chi connectivity index (χ4n) is 2.53. The van der Waals surface area contributed by atoms with E-state index in [4.69, 9.17) is 4.42 Å². The van der Waals surface area contributed by atoms with Crippen LogP contribution < -0.4 is 0 Å². The molecule has 1 aromatic rings. The van der Waals surface area contributed by atoms with Gasteiger partial charge in [-0.05, 0) is 36.8 Å². The highest BCUT2D eigenvalue weighted by Crippen LogP contribution is 2.44. The van der Waals surface area contributed by atoms with Gasteiger partial charge in [-0.3, -0.25) is 0 Å². The maximum atomic E-state index is 10.3. The van der Waals surface area contributed by atoms with Crippen LogP contribution in [-0.4, -0.2) is 10.7 Å². The van der Waals surface area contributed by atoms with Crippen LogP contribution in [0.1, 0.15) is 38.9 Å². The Morgan fingerprint density at radius 1 is 1.43 bits per heavy atom. The molecule has 2 nitrogen and oxygen atoms in total. The van der Waals surface area contributed by atoms with Crippen molar-refractivity contribution in [3.63, 3.8) is 0 Å². The van der Waals surface area contributed by atoms with Crippen LogP contribution in [0.5, 0.6) is 0 Å². The molecule has 2 heteroatoms. The maximum absolute atomic E-state index is 10.3. The first kappa shape index (κ1) is 9.78. The van der Waals surface area contributed by atoms with Gasteiger partial charge in [0.1, 0.15) is 5.76 Å². The zero-order chi connectivity index (χ0) is 10.2. The van der Waals surface area contributed by atoms with E-state index in [1.165, 1.54) is 0 Å². The zero-order valence-electron chi connectivity index (χ0n) is 8.92. The van der Waals surface area contributed by atoms with Crippen molar-refractivity contribution in [1.29, 1.82) is 0 Å². The van der Waals surface area contributed by atoms with Crippen LogP contribution in [-0.2, 0) is 6.42 Å². The molecule has 0 amide bonds. The highest BCUT2D eigenvalue weighted by Gasteiger charge is 2.42. The first-order chi connectivity index (χ1) is 6.49. The molecule has 0 radical (unpaired) electrons. The van der Waals surface area contributed by atoms with Gasteiger partial charge in [0.2, 0.25) is 0 Å². The zero-order valence-corrected chi connectivity index (χ0v) is 8.92. The quantitative estimate of drug-likeness (QED) is 0.785. The largest absolute Gasteiger partial charge is 0.469 e. The Morgan fingerprint density at radius 2 is 2.21 bits per heavy atom. The standard InChI is InChI=1S/C12H18O2/c1-11(2)5-6-12(13,9-11)8-10-4-3-7-14-10/h3-4,7,13H,5-6,8-9H2,1-2H3. The summed E-state index contributed by atoms with van der Waals surface area (Å²) < 4.78 is 5.27. The molecule has 78 valence electrons. The van der Waals surface area contributed by atoms with Crippen molar-refractivity contribution in [3.8, 4) is 0 Å². The molecule has 1 fully saturated rings. The van der Waals surface area contributed by atoms with Gasteiger partial charge in [-0.2, -0.15) is 0 Å². The van der Waals surface area contributed by atoms with Crippen molar-refractivity contribution in [2.45, 2.75) is 45.1 Å². The lowest BCUT2D eigenvalue weighted by Gasteiger charge is -2.24. The van der Waals surface area contributed by atoms with Crippen LogP contribution in [0, 0.1) is 5.41 Å². The number of hydrogen-bond donors (Lipinski definition) is 1. The van der Waals surface area contributed by atoms with E-state index in [-0.39, 0.29) is 5.41 Å². The van der Waals surface area contributed by atoms with Crippen LogP contribution in [0.2, 0.25) is 0 Å². The predicted octanol–water partition coefficient (Wildman–Crippen LogP) is 2.76. The number of hydrogen-bond acceptors (Lipinski definition) is 2. The Hall–Kier alpha value is -0.760. The lowest BCUT2D eigenvalue weighted by molar-refractivity contribution is 0.0331. The molecular weight excluding hydrogens is 176 g/mol. The summed E-state index contributed by atoms with van der Waals surface area (Å²) in [5.74, 6) is 0.894. The number of rotatable bonds is 2. The second-order valence-electron chi connectivity index (χ2n) is 5.32. The second-order valence-corrected chi connectivity index (χ2v) is 5.32. The van der Waals surface area contributed by atoms with Gasteiger partial charge in [0.25, 0.3) is 0 Å². The molecule has 1 saturated carbocycles. The third-order valence-electron chi connectivity index (χ3n) is 3.16. The molecule has 1 aliphatic rings. The Balaban J connectivity index is 2.05. The van der Waals surface area contributed by atoms with Crippen molar-refractivity contribution < 1.29 is 9.52 Å². The van der Waals surface area contributed by atoms with Gasteiger partial charge in [0.15, 0.2) is 0 Å². The predicted molar refractivity (Wildman–Crippen MR) is 55.0 cm³/mol. The van der Waals surface area contributed by atoms with E-state index in [0.717, 1.165) is 25.0 Å². The normalized spacial score (nSPS) is 30.8. The summed E-state index contributed by atoms with van der Waals surface area (Å²) in [6, 6.07) is 3.81. The van der Waals surface area contributed by atoms with E-state index >= 15 is 0 Å². The fourth-order valence-corrected chi connectivity index (χ4v) is 2.53. The minimum atomic E-state index is -0.540. The van der Waals surface area contributed by atoms with Gasteiger partial charge < -0.3 is 9.52 Å². The molecule has 0 saturated heterocycles. The average molecular weight is 194 g/mol. The molecule has 0 spiro atoms. The molecule has 0 aliphatic heterocycles. The number of aliphatic hydroxyl groups is 1. The second kappa shape index (κ2) is 3.13. The van der Waals surface area contributed by atoms with Crippen molar-refractivity contribution >= 4 is 0 Å². The molecule has 1 heterocycles. The minimum absolute atomic E-state index is 0.279. The topological polar surface area (TPSA) is 33.4 Å². The van der Waals surface area contributed by atoms with Crippen molar-refractivity contribution in [3.05, 3.63) is 24.2 Å². The van der Waals surface area contributed by atoms with Gasteiger partial charge in [-0.15, -0.1) is 0 Å². The smallest absolute Gasteiger partial charge is 0.106 e. The first-order valence-electron chi connectivity index (χ1n) is 5.24. The highest BCUT2D eigenvalue weighted by molar-refractivity contribution is 5.06. The van der Waals surface area contributed by atoms with E-state index in [1.54, 1.807) is 6.26 Å². The summed E-state index contributed by atoms with van der Waals surface area (Å²) in [6.45, 7) is 4.43. The SMILES string of the molecule is CC1(C)CCC(O)(Cc2ccco2)C1. The minimum Gasteiger partial charge on any atom is -0.469 e. The molecule has 1 aromatic heterocycles. The molecule has 14 heavy (non-hydrogen) atoms. The Kier molecular flexibility index (Phi) is 2.18. The molecule has 1 unspecified atom stereocenters. The lowest BCUT2D eigenvalue weighted by atomic mass is 9.87. The third-order valence-corrected chi connectivity index (χ3v) is 3.16. The molecule has 0 aromatic carbocycles. The van der Waals surface area contributed by atoms with Crippen LogP contribution in [0.3, 0.4) is 0 Å². The van der Waals surface area contributed by atoms with Gasteiger partial charge in [0, 0.05) is 6.42 Å². The summed E-state index contributed by atoms with van der Waals surface area (Å²) in [5.41, 5.74) is -0.261. The van der Waals surface area contributed by atoms with Crippen molar-refractivity contribution in [2.75, 3.05) is 0 Å². The monoisotopic (exact) mass is 194 g/mol. The van der Waals surface area contributed by atoms with E-state index in [1.807, 2.05) is 12.1 Å². The van der Waals surface area contributed by atoms with Gasteiger partial charge >= 0.3 is 0 Å². The fraction of sp³-hybridized carbons (Fsp3) is 0.667. The summed E-state index contributed by atoms with van der Waals surface area (Å²) >= 11 is 0. The summed E-state index contributed by atoms with van der Waals surface area (Å²) in [7, 11) is 0. The van der Waals surface area contributed by atoms with Crippen LogP contribution in [0.15, 0.2) is 22.8 Å². The van der Waals surface area contributed by atoms with E-state index in [0.29, 0.717) is 6.42 Å². The lowest BCUT2D eigenvalue weighted by Crippen LogP contribution is -2.28. The highest BCUT2D eigenvalue weighted by atomic mass is 16.3. The van der Waals surface area contributed by atoms with Crippen molar-refractivity contribution in [2.24, 2.45) is 5.41 Å². The molecule has 2 rings (SSSR count). The van der Waals surface area contributed by atoms with Gasteiger partial charge in [-0.1, -0.05) is 13.8 Å². The third kappa shape index (κ3) is 2.01. The van der Waals surface area contributed by atoms with Gasteiger partial charge in [0.05, 0.1) is 11.9 Å². The van der Waals surface area contributed by atoms with E-state index in [2.05, 4.69) is 13.8 Å². The van der Waals surface area contributed by atoms with Crippen molar-refractivity contribution in [1.82, 2.24) is 0 Å². The van der Waals surface area contributed by atoms with Crippen LogP contribution in [0.25, 0.3) is 0 Å². The molecule has 1 N–H and O–H groups in total. The van der Waals surface area contributed by atoms with Crippen LogP contribution >= 0.6 is 0 Å². The Morgan fingerprint density at radius 3 is 2.71 bits per heavy atom. The van der Waals surface area contributed by atoms with Crippen LogP contribution in [0.4, 0.5) is 0 Å². The summed E-state index contributed by atoms with van der Waals surface area (Å²) in [5, 5.41) is 10.3. The molecular formula is C12H18O2. The van der Waals surface area contributed by atoms with Gasteiger partial charge in [-0.25, -0.2) is 0 Å². The van der Waals surface area contributed by atoms with E-state index < -0.39 is 5.60 Å². The maximum Gasteiger partial charge on any atom is 0.106 e. The number of furan rings is 1. The Labute approximate surface area is 84.9 Å². The molecule has 1 aliphatic carbocycles. The van der Waals surface area contributed by atoms with E-state index in [9.17, 15) is 5.11 Å². The first-order valence-corrected chi connectivity index (χ1v) is 5.24. The molecule has 0 bridgehead atoms. The summed E-state index contributed by atoms with van der Waals surface area (Å²) in [6.07, 6.45) is 5.19.